The van der Waals surface area contributed by atoms with Gasteiger partial charge in [0, 0.05) is 31.2 Å². The van der Waals surface area contributed by atoms with Gasteiger partial charge >= 0.3 is 0 Å². The van der Waals surface area contributed by atoms with E-state index in [4.69, 9.17) is 7.16 Å². The van der Waals surface area contributed by atoms with Gasteiger partial charge in [-0.2, -0.15) is 0 Å². The van der Waals surface area contributed by atoms with Gasteiger partial charge in [0.15, 0.2) is 6.20 Å². The van der Waals surface area contributed by atoms with Crippen LogP contribution in [0.25, 0.3) is 44.3 Å². The highest BCUT2D eigenvalue weighted by atomic mass is 28.3. The van der Waals surface area contributed by atoms with Crippen molar-refractivity contribution in [3.8, 4) is 22.4 Å². The van der Waals surface area contributed by atoms with E-state index in [1.807, 2.05) is 12.1 Å². The molecule has 3 aromatic carbocycles. The third-order valence-corrected chi connectivity index (χ3v) is 9.90. The number of aryl methyl sites for hydroxylation is 3. The van der Waals surface area contributed by atoms with Crippen molar-refractivity contribution in [1.82, 2.24) is 0 Å². The van der Waals surface area contributed by atoms with Gasteiger partial charge in [-0.05, 0) is 42.1 Å². The maximum Gasteiger partial charge on any atom is 0.216 e. The Morgan fingerprint density at radius 1 is 0.938 bits per heavy atom. The molecule has 158 valence electrons. The molecule has 5 aromatic rings. The zero-order valence-electron chi connectivity index (χ0n) is 21.0. The van der Waals surface area contributed by atoms with Crippen LogP contribution in [0.15, 0.2) is 77.3 Å². The molecule has 2 aromatic heterocycles. The molecule has 0 saturated heterocycles. The second kappa shape index (κ2) is 6.91. The molecule has 0 N–H and O–H groups in total. The van der Waals surface area contributed by atoms with Crippen LogP contribution in [0.3, 0.4) is 0 Å². The van der Waals surface area contributed by atoms with Crippen LogP contribution in [-0.4, -0.2) is 8.07 Å². The summed E-state index contributed by atoms with van der Waals surface area (Å²) in [4.78, 5) is 0. The van der Waals surface area contributed by atoms with E-state index in [1.165, 1.54) is 10.8 Å². The van der Waals surface area contributed by atoms with E-state index < -0.39 is 14.4 Å². The van der Waals surface area contributed by atoms with Crippen molar-refractivity contribution in [3.63, 3.8) is 0 Å². The van der Waals surface area contributed by atoms with E-state index in [2.05, 4.69) is 92.4 Å². The van der Waals surface area contributed by atoms with Crippen LogP contribution in [0.1, 0.15) is 13.9 Å². The van der Waals surface area contributed by atoms with Crippen LogP contribution < -0.4 is 9.75 Å². The Morgan fingerprint density at radius 2 is 1.78 bits per heavy atom. The molecule has 1 aliphatic rings. The van der Waals surface area contributed by atoms with Crippen LogP contribution in [0, 0.1) is 6.92 Å². The lowest BCUT2D eigenvalue weighted by Crippen LogP contribution is -2.37. The maximum absolute atomic E-state index is 8.53. The van der Waals surface area contributed by atoms with E-state index in [0.717, 1.165) is 49.9 Å². The number of benzene rings is 3. The lowest BCUT2D eigenvalue weighted by molar-refractivity contribution is -0.660. The minimum Gasteiger partial charge on any atom is -0.454 e. The SMILES string of the molecule is [2H]C1([2H])C[Si](C)(C)c2cc(-c3cccc4c3oc3c(-c5cccc[n+]5C)c(C)ccc34)ccc21. The van der Waals surface area contributed by atoms with Crippen molar-refractivity contribution >= 4 is 35.2 Å². The second-order valence-electron chi connectivity index (χ2n) is 9.61. The summed E-state index contributed by atoms with van der Waals surface area (Å²) < 4.78 is 25.9. The first-order chi connectivity index (χ1) is 16.2. The first-order valence-electron chi connectivity index (χ1n) is 12.2. The van der Waals surface area contributed by atoms with Gasteiger partial charge in [0.2, 0.25) is 5.69 Å². The van der Waals surface area contributed by atoms with Gasteiger partial charge in [-0.3, -0.25) is 0 Å². The first-order valence-corrected chi connectivity index (χ1v) is 14.4. The zero-order valence-corrected chi connectivity index (χ0v) is 20.0. The Morgan fingerprint density at radius 3 is 2.62 bits per heavy atom. The molecule has 2 nitrogen and oxygen atoms in total. The third kappa shape index (κ3) is 2.81. The molecule has 0 aliphatic carbocycles. The van der Waals surface area contributed by atoms with E-state index >= 15 is 0 Å². The second-order valence-corrected chi connectivity index (χ2v) is 14.3. The smallest absolute Gasteiger partial charge is 0.216 e. The minimum absolute atomic E-state index is 0.643. The van der Waals surface area contributed by atoms with Gasteiger partial charge in [0.05, 0.1) is 13.6 Å². The lowest BCUT2D eigenvalue weighted by atomic mass is 9.98. The summed E-state index contributed by atoms with van der Waals surface area (Å²) in [5, 5.41) is 3.46. The van der Waals surface area contributed by atoms with Crippen LogP contribution in [-0.2, 0) is 13.4 Å². The summed E-state index contributed by atoms with van der Waals surface area (Å²) in [5.41, 5.74) is 8.28. The van der Waals surface area contributed by atoms with E-state index in [0.29, 0.717) is 6.04 Å². The summed E-state index contributed by atoms with van der Waals surface area (Å²) in [6, 6.07) is 23.9. The molecule has 0 atom stereocenters. The van der Waals surface area contributed by atoms with Gasteiger partial charge in [-0.25, -0.2) is 4.57 Å². The number of nitrogens with zero attached hydrogens (tertiary/aromatic N) is 1. The summed E-state index contributed by atoms with van der Waals surface area (Å²) in [6.07, 6.45) is 0.836. The predicted octanol–water partition coefficient (Wildman–Crippen LogP) is 6.52. The molecular formula is C29H28NOSi+. The summed E-state index contributed by atoms with van der Waals surface area (Å²) in [5.74, 6) is 0. The highest BCUT2D eigenvalue weighted by Gasteiger charge is 2.32. The third-order valence-electron chi connectivity index (χ3n) is 6.97. The fourth-order valence-electron chi connectivity index (χ4n) is 5.13. The van der Waals surface area contributed by atoms with Gasteiger partial charge in [-0.15, -0.1) is 0 Å². The monoisotopic (exact) mass is 436 g/mol. The zero-order chi connectivity index (χ0) is 23.8. The van der Waals surface area contributed by atoms with Crippen molar-refractivity contribution in [2.24, 2.45) is 7.05 Å². The Kier molecular flexibility index (Phi) is 3.76. The highest BCUT2D eigenvalue weighted by molar-refractivity contribution is 6.91. The number of rotatable bonds is 2. The predicted molar refractivity (Wildman–Crippen MR) is 136 cm³/mol. The van der Waals surface area contributed by atoms with E-state index in [9.17, 15) is 0 Å². The van der Waals surface area contributed by atoms with E-state index in [1.54, 1.807) is 0 Å². The van der Waals surface area contributed by atoms with Crippen LogP contribution in [0.2, 0.25) is 19.1 Å². The number of hydrogen-bond donors (Lipinski definition) is 0. The Hall–Kier alpha value is -3.17. The van der Waals surface area contributed by atoms with Gasteiger partial charge in [0.1, 0.15) is 18.2 Å². The number of furan rings is 1. The number of para-hydroxylation sites is 1. The number of hydrogen-bond acceptors (Lipinski definition) is 1. The summed E-state index contributed by atoms with van der Waals surface area (Å²) >= 11 is 0. The minimum atomic E-state index is -1.83. The van der Waals surface area contributed by atoms with Crippen molar-refractivity contribution in [2.45, 2.75) is 32.4 Å². The molecule has 0 radical (unpaired) electrons. The maximum atomic E-state index is 8.53. The molecule has 3 heteroatoms. The van der Waals surface area contributed by atoms with Crippen molar-refractivity contribution in [2.75, 3.05) is 0 Å². The molecular weight excluding hydrogens is 406 g/mol. The van der Waals surface area contributed by atoms with Crippen molar-refractivity contribution in [3.05, 3.63) is 84.1 Å². The quantitative estimate of drug-likeness (QED) is 0.227. The van der Waals surface area contributed by atoms with Crippen molar-refractivity contribution < 1.29 is 11.7 Å². The topological polar surface area (TPSA) is 17.0 Å². The van der Waals surface area contributed by atoms with Crippen molar-refractivity contribution in [1.29, 1.82) is 0 Å². The number of fused-ring (bicyclic) bond motifs is 4. The van der Waals surface area contributed by atoms with Gasteiger partial charge in [-0.1, -0.05) is 66.8 Å². The highest BCUT2D eigenvalue weighted by Crippen LogP contribution is 2.40. The fourth-order valence-corrected chi connectivity index (χ4v) is 7.40. The van der Waals surface area contributed by atoms with E-state index in [-0.39, 0.29) is 0 Å². The molecule has 1 aliphatic heterocycles. The average molecular weight is 437 g/mol. The fraction of sp³-hybridized carbons (Fsp3) is 0.207. The Bertz CT molecular complexity index is 1620. The summed E-state index contributed by atoms with van der Waals surface area (Å²) in [6.45, 7) is 6.69. The molecule has 0 spiro atoms. The number of pyridine rings is 1. The molecule has 0 fully saturated rings. The molecule has 0 amide bonds. The number of aromatic nitrogens is 1. The Balaban J connectivity index is 1.62. The largest absolute Gasteiger partial charge is 0.454 e. The van der Waals surface area contributed by atoms with Gasteiger partial charge < -0.3 is 4.42 Å². The van der Waals surface area contributed by atoms with Crippen LogP contribution in [0.4, 0.5) is 0 Å². The molecule has 0 bridgehead atoms. The van der Waals surface area contributed by atoms with Crippen LogP contribution >= 0.6 is 0 Å². The molecule has 3 heterocycles. The average Bonchev–Trinajstić information content (AvgIpc) is 3.25. The molecule has 0 saturated carbocycles. The lowest BCUT2D eigenvalue weighted by Gasteiger charge is -2.17. The molecule has 32 heavy (non-hydrogen) atoms. The molecule has 6 rings (SSSR count). The Labute approximate surface area is 193 Å². The van der Waals surface area contributed by atoms with Gasteiger partial charge in [0.25, 0.3) is 0 Å². The summed E-state index contributed by atoms with van der Waals surface area (Å²) in [7, 11) is 0.231. The first kappa shape index (κ1) is 17.4. The van der Waals surface area contributed by atoms with Crippen LogP contribution in [0.5, 0.6) is 0 Å². The normalized spacial score (nSPS) is 17.4. The molecule has 0 unspecified atom stereocenters. The standard InChI is InChI=1S/C29H28NOSi/c1-19-11-14-24-23-9-7-8-22(21-13-12-20-15-17-32(3,4)26(20)18-21)28(23)31-29(24)27(19)25-10-5-6-16-30(25)2/h5-14,16,18H,15,17H2,1-4H3/q+1/i15D2.